The van der Waals surface area contributed by atoms with Gasteiger partial charge in [-0.25, -0.2) is 0 Å². The predicted octanol–water partition coefficient (Wildman–Crippen LogP) is 2.71. The Hall–Kier alpha value is -1.26. The molecule has 0 bridgehead atoms. The molecule has 1 amide bonds. The number of carbonyl (C=O) groups excluding carboxylic acids is 1. The van der Waals surface area contributed by atoms with Gasteiger partial charge in [-0.2, -0.15) is 0 Å². The van der Waals surface area contributed by atoms with E-state index < -0.39 is 0 Å². The van der Waals surface area contributed by atoms with Gasteiger partial charge >= 0.3 is 0 Å². The fourth-order valence-electron chi connectivity index (χ4n) is 2.52. The topological polar surface area (TPSA) is 41.6 Å². The highest BCUT2D eigenvalue weighted by atomic mass is 35.5. The highest BCUT2D eigenvalue weighted by Gasteiger charge is 2.27. The molecule has 1 aliphatic rings. The molecule has 1 aromatic rings. The lowest BCUT2D eigenvalue weighted by Gasteiger charge is -2.38. The average Bonchev–Trinajstić information content (AvgIpc) is 2.48. The van der Waals surface area contributed by atoms with E-state index >= 15 is 0 Å². The van der Waals surface area contributed by atoms with Crippen LogP contribution in [-0.4, -0.2) is 42.6 Å². The van der Waals surface area contributed by atoms with Crippen LogP contribution in [0.4, 0.5) is 0 Å². The molecule has 116 valence electrons. The Kier molecular flexibility index (Phi) is 5.88. The third-order valence-corrected chi connectivity index (χ3v) is 4.30. The summed E-state index contributed by atoms with van der Waals surface area (Å²) < 4.78 is 5.61. The van der Waals surface area contributed by atoms with Crippen molar-refractivity contribution in [1.29, 1.82) is 0 Å². The molecule has 5 heteroatoms. The molecule has 0 radical (unpaired) electrons. The van der Waals surface area contributed by atoms with Crippen LogP contribution in [0.15, 0.2) is 24.3 Å². The predicted molar refractivity (Wildman–Crippen MR) is 84.8 cm³/mol. The minimum atomic E-state index is 0.207. The molecule has 2 unspecified atom stereocenters. The van der Waals surface area contributed by atoms with E-state index in [0.717, 1.165) is 13.1 Å². The molecule has 1 aromatic carbocycles. The summed E-state index contributed by atoms with van der Waals surface area (Å²) in [4.78, 5) is 14.2. The number of benzene rings is 1. The van der Waals surface area contributed by atoms with Gasteiger partial charge in [-0.15, -0.1) is 0 Å². The number of carbonyl (C=O) groups is 1. The zero-order chi connectivity index (χ0) is 15.2. The average molecular weight is 311 g/mol. The lowest BCUT2D eigenvalue weighted by Crippen LogP contribution is -2.57. The molecule has 1 N–H and O–H groups in total. The van der Waals surface area contributed by atoms with Gasteiger partial charge in [-0.1, -0.05) is 23.7 Å². The smallest absolute Gasteiger partial charge is 0.223 e. The van der Waals surface area contributed by atoms with Gasteiger partial charge in [0.15, 0.2) is 0 Å². The van der Waals surface area contributed by atoms with Crippen LogP contribution in [0.2, 0.25) is 5.02 Å². The van der Waals surface area contributed by atoms with E-state index in [1.165, 1.54) is 0 Å². The van der Waals surface area contributed by atoms with Crippen LogP contribution < -0.4 is 10.1 Å². The van der Waals surface area contributed by atoms with Gasteiger partial charge in [0, 0.05) is 31.6 Å². The molecule has 0 spiro atoms. The van der Waals surface area contributed by atoms with Crippen molar-refractivity contribution in [1.82, 2.24) is 10.2 Å². The van der Waals surface area contributed by atoms with Crippen molar-refractivity contribution in [3.63, 3.8) is 0 Å². The number of rotatable bonds is 5. The van der Waals surface area contributed by atoms with Crippen molar-refractivity contribution in [2.24, 2.45) is 0 Å². The monoisotopic (exact) mass is 310 g/mol. The van der Waals surface area contributed by atoms with Crippen molar-refractivity contribution in [2.75, 3.05) is 19.7 Å². The number of piperazine rings is 1. The summed E-state index contributed by atoms with van der Waals surface area (Å²) in [5.41, 5.74) is 0. The maximum absolute atomic E-state index is 12.2. The first-order valence-corrected chi connectivity index (χ1v) is 7.87. The van der Waals surface area contributed by atoms with Gasteiger partial charge in [0.05, 0.1) is 11.6 Å². The number of hydrogen-bond donors (Lipinski definition) is 1. The largest absolute Gasteiger partial charge is 0.492 e. The van der Waals surface area contributed by atoms with Gasteiger partial charge in [0.1, 0.15) is 5.75 Å². The van der Waals surface area contributed by atoms with Crippen molar-refractivity contribution in [3.8, 4) is 5.75 Å². The zero-order valence-corrected chi connectivity index (χ0v) is 13.4. The summed E-state index contributed by atoms with van der Waals surface area (Å²) in [7, 11) is 0. The van der Waals surface area contributed by atoms with Crippen molar-refractivity contribution in [3.05, 3.63) is 29.3 Å². The number of para-hydroxylation sites is 1. The second-order valence-electron chi connectivity index (χ2n) is 5.45. The van der Waals surface area contributed by atoms with Crippen LogP contribution in [0.3, 0.4) is 0 Å². The molecule has 1 fully saturated rings. The molecule has 0 aromatic heterocycles. The highest BCUT2D eigenvalue weighted by Crippen LogP contribution is 2.23. The van der Waals surface area contributed by atoms with Crippen LogP contribution >= 0.6 is 11.6 Å². The number of nitrogens with zero attached hydrogens (tertiary/aromatic N) is 1. The summed E-state index contributed by atoms with van der Waals surface area (Å²) in [6.07, 6.45) is 1.22. The van der Waals surface area contributed by atoms with Crippen molar-refractivity contribution in [2.45, 2.75) is 38.8 Å². The van der Waals surface area contributed by atoms with E-state index in [-0.39, 0.29) is 11.9 Å². The van der Waals surface area contributed by atoms with Gasteiger partial charge < -0.3 is 15.0 Å². The Morgan fingerprint density at radius 2 is 2.19 bits per heavy atom. The fourth-order valence-corrected chi connectivity index (χ4v) is 2.71. The molecule has 21 heavy (non-hydrogen) atoms. The quantitative estimate of drug-likeness (QED) is 0.850. The van der Waals surface area contributed by atoms with Crippen LogP contribution in [0.5, 0.6) is 5.75 Å². The van der Waals surface area contributed by atoms with E-state index in [1.54, 1.807) is 6.07 Å². The third kappa shape index (κ3) is 4.35. The van der Waals surface area contributed by atoms with E-state index in [4.69, 9.17) is 16.3 Å². The Balaban J connectivity index is 1.73. The van der Waals surface area contributed by atoms with E-state index in [9.17, 15) is 4.79 Å². The fraction of sp³-hybridized carbons (Fsp3) is 0.562. The number of ether oxygens (including phenoxy) is 1. The molecule has 0 saturated carbocycles. The number of halogens is 1. The number of amides is 1. The van der Waals surface area contributed by atoms with Gasteiger partial charge in [-0.3, -0.25) is 4.79 Å². The van der Waals surface area contributed by atoms with Crippen LogP contribution in [0, 0.1) is 0 Å². The summed E-state index contributed by atoms with van der Waals surface area (Å²) >= 11 is 6.02. The second kappa shape index (κ2) is 7.66. The molecular weight excluding hydrogens is 288 g/mol. The standard InChI is InChI=1S/C16H23ClN2O2/c1-12-13(2)19(10-9-18-12)16(20)8-5-11-21-15-7-4-3-6-14(15)17/h3-4,6-7,12-13,18H,5,8-11H2,1-2H3. The van der Waals surface area contributed by atoms with Crippen LogP contribution in [-0.2, 0) is 4.79 Å². The lowest BCUT2D eigenvalue weighted by molar-refractivity contribution is -0.135. The van der Waals surface area contributed by atoms with E-state index in [0.29, 0.717) is 36.3 Å². The molecule has 2 atom stereocenters. The first-order chi connectivity index (χ1) is 10.1. The second-order valence-corrected chi connectivity index (χ2v) is 5.86. The minimum absolute atomic E-state index is 0.207. The maximum Gasteiger partial charge on any atom is 0.223 e. The molecule has 1 heterocycles. The summed E-state index contributed by atoms with van der Waals surface area (Å²) in [5.74, 6) is 0.884. The zero-order valence-electron chi connectivity index (χ0n) is 12.6. The molecule has 1 aliphatic heterocycles. The number of nitrogens with one attached hydrogen (secondary N) is 1. The molecule has 1 saturated heterocycles. The number of hydrogen-bond acceptors (Lipinski definition) is 3. The maximum atomic E-state index is 12.2. The third-order valence-electron chi connectivity index (χ3n) is 3.98. The van der Waals surface area contributed by atoms with Crippen molar-refractivity contribution < 1.29 is 9.53 Å². The normalized spacial score (nSPS) is 22.1. The Labute approximate surface area is 131 Å². The first kappa shape index (κ1) is 16.1. The molecule has 0 aliphatic carbocycles. The lowest BCUT2D eigenvalue weighted by atomic mass is 10.1. The van der Waals surface area contributed by atoms with Crippen LogP contribution in [0.1, 0.15) is 26.7 Å². The Bertz CT molecular complexity index is 481. The highest BCUT2D eigenvalue weighted by molar-refractivity contribution is 6.32. The van der Waals surface area contributed by atoms with Gasteiger partial charge in [-0.05, 0) is 32.4 Å². The molecule has 2 rings (SSSR count). The SMILES string of the molecule is CC1NCCN(C(=O)CCCOc2ccccc2Cl)C1C. The van der Waals surface area contributed by atoms with Crippen LogP contribution in [0.25, 0.3) is 0 Å². The van der Waals surface area contributed by atoms with E-state index in [1.807, 2.05) is 23.1 Å². The van der Waals surface area contributed by atoms with Crippen molar-refractivity contribution >= 4 is 17.5 Å². The Morgan fingerprint density at radius 1 is 1.43 bits per heavy atom. The summed E-state index contributed by atoms with van der Waals surface area (Å²) in [5, 5.41) is 3.98. The van der Waals surface area contributed by atoms with E-state index in [2.05, 4.69) is 19.2 Å². The summed E-state index contributed by atoms with van der Waals surface area (Å²) in [6.45, 7) is 6.37. The molecule has 4 nitrogen and oxygen atoms in total. The van der Waals surface area contributed by atoms with Gasteiger partial charge in [0.2, 0.25) is 5.91 Å². The molecular formula is C16H23ClN2O2. The minimum Gasteiger partial charge on any atom is -0.492 e. The summed E-state index contributed by atoms with van der Waals surface area (Å²) in [6, 6.07) is 7.98. The Morgan fingerprint density at radius 3 is 2.95 bits per heavy atom. The first-order valence-electron chi connectivity index (χ1n) is 7.50. The van der Waals surface area contributed by atoms with Gasteiger partial charge in [0.25, 0.3) is 0 Å².